The standard InChI is InChI=1S/C32H35N5O4/c1-24-8-12-27(13-9-24)37-22-29(25-6-4-3-5-7-25)33-32(37)34-30(38)23-36(17-16-35-18-20-41-21-19-35)31(39)26-10-14-28(40-2)15-11-26/h3-15,22H,16-21,23H2,1-2H3,(H,33,34,38). The number of benzene rings is 3. The summed E-state index contributed by atoms with van der Waals surface area (Å²) in [6, 6.07) is 24.8. The maximum atomic E-state index is 13.6. The highest BCUT2D eigenvalue weighted by Gasteiger charge is 2.22. The summed E-state index contributed by atoms with van der Waals surface area (Å²) in [6.45, 7) is 5.89. The van der Waals surface area contributed by atoms with E-state index in [1.807, 2.05) is 72.3 Å². The Kier molecular flexibility index (Phi) is 9.08. The molecule has 2 amide bonds. The van der Waals surface area contributed by atoms with Gasteiger partial charge in [-0.3, -0.25) is 24.4 Å². The van der Waals surface area contributed by atoms with Crippen LogP contribution in [0.2, 0.25) is 0 Å². The molecule has 1 aliphatic heterocycles. The zero-order valence-corrected chi connectivity index (χ0v) is 23.5. The lowest BCUT2D eigenvalue weighted by Gasteiger charge is -2.30. The van der Waals surface area contributed by atoms with E-state index in [1.54, 1.807) is 36.3 Å². The molecule has 0 aliphatic carbocycles. The summed E-state index contributed by atoms with van der Waals surface area (Å²) < 4.78 is 12.6. The Balaban J connectivity index is 1.37. The molecule has 2 heterocycles. The fraction of sp³-hybridized carbons (Fsp3) is 0.281. The number of hydrogen-bond acceptors (Lipinski definition) is 6. The first kappa shape index (κ1) is 28.1. The van der Waals surface area contributed by atoms with Crippen molar-refractivity contribution in [3.8, 4) is 22.7 Å². The minimum Gasteiger partial charge on any atom is -0.497 e. The highest BCUT2D eigenvalue weighted by Crippen LogP contribution is 2.24. The molecule has 9 heteroatoms. The third kappa shape index (κ3) is 7.19. The van der Waals surface area contributed by atoms with Gasteiger partial charge in [0.1, 0.15) is 12.3 Å². The Bertz CT molecular complexity index is 1450. The van der Waals surface area contributed by atoms with Gasteiger partial charge < -0.3 is 14.4 Å². The number of aromatic nitrogens is 2. The van der Waals surface area contributed by atoms with Crippen molar-refractivity contribution in [3.63, 3.8) is 0 Å². The third-order valence-corrected chi connectivity index (χ3v) is 7.09. The predicted octanol–water partition coefficient (Wildman–Crippen LogP) is 4.27. The van der Waals surface area contributed by atoms with E-state index in [1.165, 1.54) is 0 Å². The van der Waals surface area contributed by atoms with Gasteiger partial charge in [-0.2, -0.15) is 0 Å². The maximum Gasteiger partial charge on any atom is 0.254 e. The van der Waals surface area contributed by atoms with E-state index < -0.39 is 0 Å². The molecule has 1 aromatic heterocycles. The summed E-state index contributed by atoms with van der Waals surface area (Å²) in [4.78, 5) is 35.6. The number of anilines is 1. The number of nitrogens with one attached hydrogen (secondary N) is 1. The molecule has 1 N–H and O–H groups in total. The van der Waals surface area contributed by atoms with E-state index >= 15 is 0 Å². The van der Waals surface area contributed by atoms with Crippen molar-refractivity contribution in [2.45, 2.75) is 6.92 Å². The van der Waals surface area contributed by atoms with Gasteiger partial charge in [0, 0.05) is 49.2 Å². The van der Waals surface area contributed by atoms with Crippen LogP contribution in [0.5, 0.6) is 5.75 Å². The van der Waals surface area contributed by atoms with Crippen molar-refractivity contribution in [3.05, 3.63) is 96.2 Å². The Morgan fingerprint density at radius 1 is 0.976 bits per heavy atom. The molecule has 0 unspecified atom stereocenters. The molecule has 0 radical (unpaired) electrons. The smallest absolute Gasteiger partial charge is 0.254 e. The van der Waals surface area contributed by atoms with E-state index in [0.29, 0.717) is 43.6 Å². The summed E-state index contributed by atoms with van der Waals surface area (Å²) in [7, 11) is 1.58. The molecule has 0 spiro atoms. The van der Waals surface area contributed by atoms with Gasteiger partial charge in [0.2, 0.25) is 11.9 Å². The highest BCUT2D eigenvalue weighted by atomic mass is 16.5. The molecular formula is C32H35N5O4. The van der Waals surface area contributed by atoms with Crippen LogP contribution in [0, 0.1) is 6.92 Å². The molecule has 1 saturated heterocycles. The fourth-order valence-electron chi connectivity index (χ4n) is 4.71. The van der Waals surface area contributed by atoms with Crippen molar-refractivity contribution in [1.82, 2.24) is 19.4 Å². The Morgan fingerprint density at radius 2 is 1.68 bits per heavy atom. The Morgan fingerprint density at radius 3 is 2.37 bits per heavy atom. The number of ether oxygens (including phenoxy) is 2. The molecule has 9 nitrogen and oxygen atoms in total. The van der Waals surface area contributed by atoms with Gasteiger partial charge in [-0.15, -0.1) is 0 Å². The number of aryl methyl sites for hydroxylation is 1. The van der Waals surface area contributed by atoms with Crippen molar-refractivity contribution in [1.29, 1.82) is 0 Å². The van der Waals surface area contributed by atoms with Crippen LogP contribution < -0.4 is 10.1 Å². The van der Waals surface area contributed by atoms with Crippen LogP contribution in [0.15, 0.2) is 85.1 Å². The summed E-state index contributed by atoms with van der Waals surface area (Å²) in [5, 5.41) is 2.97. The number of nitrogens with zero attached hydrogens (tertiary/aromatic N) is 4. The lowest BCUT2D eigenvalue weighted by atomic mass is 10.2. The molecule has 3 aromatic carbocycles. The van der Waals surface area contributed by atoms with Crippen LogP contribution in [-0.2, 0) is 9.53 Å². The molecule has 0 saturated carbocycles. The molecular weight excluding hydrogens is 518 g/mol. The predicted molar refractivity (Wildman–Crippen MR) is 159 cm³/mol. The number of carbonyl (C=O) groups excluding carboxylic acids is 2. The zero-order chi connectivity index (χ0) is 28.6. The van der Waals surface area contributed by atoms with Gasteiger partial charge in [-0.25, -0.2) is 4.98 Å². The molecule has 41 heavy (non-hydrogen) atoms. The van der Waals surface area contributed by atoms with Gasteiger partial charge in [0.15, 0.2) is 0 Å². The van der Waals surface area contributed by atoms with Gasteiger partial charge >= 0.3 is 0 Å². The fourth-order valence-corrected chi connectivity index (χ4v) is 4.71. The molecule has 1 fully saturated rings. The number of rotatable bonds is 10. The van der Waals surface area contributed by atoms with Crippen LogP contribution in [0.4, 0.5) is 5.95 Å². The van der Waals surface area contributed by atoms with E-state index in [2.05, 4.69) is 10.2 Å². The number of carbonyl (C=O) groups is 2. The summed E-state index contributed by atoms with van der Waals surface area (Å²) in [5.74, 6) is 0.509. The molecule has 212 valence electrons. The number of morpholine rings is 1. The van der Waals surface area contributed by atoms with Gasteiger partial charge in [-0.05, 0) is 43.3 Å². The van der Waals surface area contributed by atoms with Crippen molar-refractivity contribution >= 4 is 17.8 Å². The topological polar surface area (TPSA) is 88.9 Å². The minimum atomic E-state index is -0.326. The van der Waals surface area contributed by atoms with Gasteiger partial charge in [0.05, 0.1) is 26.0 Å². The molecule has 0 bridgehead atoms. The lowest BCUT2D eigenvalue weighted by Crippen LogP contribution is -2.45. The largest absolute Gasteiger partial charge is 0.497 e. The second-order valence-corrected chi connectivity index (χ2v) is 9.98. The molecule has 5 rings (SSSR count). The van der Waals surface area contributed by atoms with Crippen molar-refractivity contribution in [2.75, 3.05) is 58.4 Å². The average molecular weight is 554 g/mol. The molecule has 1 aliphatic rings. The quantitative estimate of drug-likeness (QED) is 0.316. The highest BCUT2D eigenvalue weighted by molar-refractivity contribution is 5.99. The second kappa shape index (κ2) is 13.3. The normalized spacial score (nSPS) is 13.5. The van der Waals surface area contributed by atoms with Crippen LogP contribution in [0.3, 0.4) is 0 Å². The van der Waals surface area contributed by atoms with E-state index in [-0.39, 0.29) is 18.4 Å². The first-order valence-electron chi connectivity index (χ1n) is 13.8. The van der Waals surface area contributed by atoms with Crippen LogP contribution in [-0.4, -0.2) is 84.2 Å². The first-order chi connectivity index (χ1) is 20.0. The minimum absolute atomic E-state index is 0.114. The van der Waals surface area contributed by atoms with Crippen LogP contribution in [0.25, 0.3) is 16.9 Å². The second-order valence-electron chi connectivity index (χ2n) is 9.98. The SMILES string of the molecule is COc1ccc(C(=O)N(CCN2CCOCC2)CC(=O)Nc2nc(-c3ccccc3)cn2-c2ccc(C)cc2)cc1. The van der Waals surface area contributed by atoms with Gasteiger partial charge in [-0.1, -0.05) is 48.0 Å². The first-order valence-corrected chi connectivity index (χ1v) is 13.8. The third-order valence-electron chi connectivity index (χ3n) is 7.09. The average Bonchev–Trinajstić information content (AvgIpc) is 3.43. The van der Waals surface area contributed by atoms with Gasteiger partial charge in [0.25, 0.3) is 5.91 Å². The van der Waals surface area contributed by atoms with E-state index in [0.717, 1.165) is 35.6 Å². The van der Waals surface area contributed by atoms with Crippen molar-refractivity contribution in [2.24, 2.45) is 0 Å². The lowest BCUT2D eigenvalue weighted by molar-refractivity contribution is -0.117. The molecule has 4 aromatic rings. The molecule has 0 atom stereocenters. The summed E-state index contributed by atoms with van der Waals surface area (Å²) in [6.07, 6.45) is 1.91. The Hall–Kier alpha value is -4.47. The van der Waals surface area contributed by atoms with E-state index in [4.69, 9.17) is 14.5 Å². The van der Waals surface area contributed by atoms with E-state index in [9.17, 15) is 9.59 Å². The number of hydrogen-bond donors (Lipinski definition) is 1. The number of amides is 2. The van der Waals surface area contributed by atoms with Crippen molar-refractivity contribution < 1.29 is 19.1 Å². The number of methoxy groups -OCH3 is 1. The zero-order valence-electron chi connectivity index (χ0n) is 23.5. The van der Waals surface area contributed by atoms with Crippen LogP contribution in [0.1, 0.15) is 15.9 Å². The maximum absolute atomic E-state index is 13.6. The summed E-state index contributed by atoms with van der Waals surface area (Å²) in [5.41, 5.74) is 4.18. The summed E-state index contributed by atoms with van der Waals surface area (Å²) >= 11 is 0. The Labute approximate surface area is 240 Å². The monoisotopic (exact) mass is 553 g/mol. The van der Waals surface area contributed by atoms with Crippen LogP contribution >= 0.6 is 0 Å². The number of imidazole rings is 1.